The van der Waals surface area contributed by atoms with Gasteiger partial charge in [-0.15, -0.1) is 0 Å². The van der Waals surface area contributed by atoms with Crippen LogP contribution in [0.5, 0.6) is 0 Å². The second-order valence-corrected chi connectivity index (χ2v) is 7.00. The van der Waals surface area contributed by atoms with Crippen LogP contribution in [-0.4, -0.2) is 74.4 Å². The molecule has 1 aliphatic rings. The molecule has 1 aliphatic heterocycles. The fourth-order valence-electron chi connectivity index (χ4n) is 2.93. The summed E-state index contributed by atoms with van der Waals surface area (Å²) < 4.78 is 70.7. The van der Waals surface area contributed by atoms with Crippen LogP contribution in [0.25, 0.3) is 0 Å². The van der Waals surface area contributed by atoms with Gasteiger partial charge in [0.05, 0.1) is 12.3 Å². The minimum absolute atomic E-state index is 0.349. The monoisotopic (exact) mass is 500 g/mol. The highest BCUT2D eigenvalue weighted by atomic mass is 19.4. The van der Waals surface area contributed by atoms with Crippen LogP contribution >= 0.6 is 0 Å². The van der Waals surface area contributed by atoms with Crippen molar-refractivity contribution in [2.75, 3.05) is 20.3 Å². The molecule has 15 heteroatoms. The highest BCUT2D eigenvalue weighted by Gasteiger charge is 2.38. The van der Waals surface area contributed by atoms with E-state index in [1.165, 1.54) is 16.8 Å². The number of methoxy groups -OCH3 is 1. The van der Waals surface area contributed by atoms with E-state index in [0.29, 0.717) is 12.5 Å². The summed E-state index contributed by atoms with van der Waals surface area (Å²) in [5.41, 5.74) is 3.75. The van der Waals surface area contributed by atoms with Crippen molar-refractivity contribution in [2.24, 2.45) is 7.05 Å². The maximum Gasteiger partial charge on any atom is 0.490 e. The largest absolute Gasteiger partial charge is 0.490 e. The third kappa shape index (κ3) is 9.74. The molecule has 2 N–H and O–H groups in total. The Hall–Kier alpha value is -3.20. The first kappa shape index (κ1) is 28.8. The number of fused-ring (bicyclic) bond motifs is 1. The van der Waals surface area contributed by atoms with Crippen molar-refractivity contribution in [3.05, 3.63) is 47.5 Å². The lowest BCUT2D eigenvalue weighted by atomic mass is 9.97. The average molecular weight is 500 g/mol. The molecule has 0 amide bonds. The van der Waals surface area contributed by atoms with Crippen LogP contribution in [0.3, 0.4) is 0 Å². The number of aromatic nitrogens is 3. The predicted molar refractivity (Wildman–Crippen MR) is 104 cm³/mol. The van der Waals surface area contributed by atoms with Crippen molar-refractivity contribution in [2.45, 2.75) is 31.4 Å². The Kier molecular flexibility index (Phi) is 10.4. The number of nitrogens with zero attached hydrogens (tertiary/aromatic N) is 4. The van der Waals surface area contributed by atoms with Crippen LogP contribution < -0.4 is 0 Å². The number of aryl methyl sites for hydroxylation is 1. The molecule has 3 heterocycles. The summed E-state index contributed by atoms with van der Waals surface area (Å²) in [6.45, 7) is 3.56. The van der Waals surface area contributed by atoms with Crippen molar-refractivity contribution in [3.63, 3.8) is 0 Å². The zero-order chi connectivity index (χ0) is 26.1. The Morgan fingerprint density at radius 1 is 1.15 bits per heavy atom. The quantitative estimate of drug-likeness (QED) is 0.616. The molecule has 0 saturated carbocycles. The number of pyridine rings is 1. The van der Waals surface area contributed by atoms with E-state index in [-0.39, 0.29) is 0 Å². The summed E-state index contributed by atoms with van der Waals surface area (Å²) >= 11 is 0. The molecule has 0 bridgehead atoms. The molecule has 190 valence electrons. The van der Waals surface area contributed by atoms with Gasteiger partial charge in [-0.05, 0) is 11.6 Å². The molecule has 1 unspecified atom stereocenters. The van der Waals surface area contributed by atoms with E-state index >= 15 is 0 Å². The van der Waals surface area contributed by atoms with Crippen LogP contribution in [0, 0.1) is 0 Å². The zero-order valence-corrected chi connectivity index (χ0v) is 18.0. The first-order valence-corrected chi connectivity index (χ1v) is 9.38. The van der Waals surface area contributed by atoms with Crippen LogP contribution in [0.15, 0.2) is 30.7 Å². The first-order chi connectivity index (χ1) is 15.6. The Balaban J connectivity index is 0.000000343. The third-order valence-electron chi connectivity index (χ3n) is 4.18. The van der Waals surface area contributed by atoms with Gasteiger partial charge in [0.15, 0.2) is 0 Å². The second kappa shape index (κ2) is 12.3. The lowest BCUT2D eigenvalue weighted by Gasteiger charge is -2.31. The number of alkyl halides is 6. The Labute approximate surface area is 189 Å². The van der Waals surface area contributed by atoms with E-state index in [1.54, 1.807) is 7.11 Å². The summed E-state index contributed by atoms with van der Waals surface area (Å²) in [4.78, 5) is 24.4. The number of halogens is 6. The van der Waals surface area contributed by atoms with Crippen LogP contribution in [0.2, 0.25) is 0 Å². The molecule has 9 nitrogen and oxygen atoms in total. The van der Waals surface area contributed by atoms with Crippen molar-refractivity contribution in [3.8, 4) is 0 Å². The predicted octanol–water partition coefficient (Wildman–Crippen LogP) is 2.83. The van der Waals surface area contributed by atoms with Gasteiger partial charge in [0.1, 0.15) is 0 Å². The Morgan fingerprint density at radius 2 is 1.71 bits per heavy atom. The lowest BCUT2D eigenvalue weighted by molar-refractivity contribution is -0.193. The molecule has 0 radical (unpaired) electrons. The number of rotatable bonds is 4. The maximum atomic E-state index is 10.6. The van der Waals surface area contributed by atoms with Crippen molar-refractivity contribution < 1.29 is 50.9 Å². The fraction of sp³-hybridized carbons (Fsp3) is 0.474. The molecule has 0 aromatic carbocycles. The third-order valence-corrected chi connectivity index (χ3v) is 4.18. The molecule has 0 saturated heterocycles. The molecule has 2 aromatic heterocycles. The van der Waals surface area contributed by atoms with Gasteiger partial charge in [-0.25, -0.2) is 9.59 Å². The maximum absolute atomic E-state index is 10.6. The SMILES string of the molecule is COCC1CN(Cc2cccnc2)Cc2cn(C)nc21.O=C(O)C(F)(F)F.O=C(O)C(F)(F)F. The highest BCUT2D eigenvalue weighted by molar-refractivity contribution is 5.73. The van der Waals surface area contributed by atoms with E-state index in [1.807, 2.05) is 30.2 Å². The van der Waals surface area contributed by atoms with Gasteiger partial charge < -0.3 is 14.9 Å². The van der Waals surface area contributed by atoms with Gasteiger partial charge in [0, 0.05) is 63.9 Å². The molecule has 0 spiro atoms. The summed E-state index contributed by atoms with van der Waals surface area (Å²) in [7, 11) is 3.73. The Morgan fingerprint density at radius 3 is 2.15 bits per heavy atom. The Bertz CT molecular complexity index is 909. The number of carboxylic acid groups (broad SMARTS) is 2. The number of carboxylic acids is 2. The summed E-state index contributed by atoms with van der Waals surface area (Å²) in [6, 6.07) is 4.11. The van der Waals surface area contributed by atoms with E-state index in [4.69, 9.17) is 24.5 Å². The molecular weight excluding hydrogens is 478 g/mol. The van der Waals surface area contributed by atoms with Gasteiger partial charge in [-0.2, -0.15) is 31.4 Å². The van der Waals surface area contributed by atoms with Gasteiger partial charge in [-0.1, -0.05) is 6.07 Å². The molecule has 0 aliphatic carbocycles. The van der Waals surface area contributed by atoms with Crippen molar-refractivity contribution in [1.82, 2.24) is 19.7 Å². The van der Waals surface area contributed by atoms with Gasteiger partial charge in [0.2, 0.25) is 0 Å². The topological polar surface area (TPSA) is 118 Å². The number of hydrogen-bond donors (Lipinski definition) is 2. The zero-order valence-electron chi connectivity index (χ0n) is 18.0. The van der Waals surface area contributed by atoms with E-state index in [9.17, 15) is 26.3 Å². The van der Waals surface area contributed by atoms with Crippen molar-refractivity contribution in [1.29, 1.82) is 0 Å². The lowest BCUT2D eigenvalue weighted by Crippen LogP contribution is -2.34. The standard InChI is InChI=1S/C15H20N4O.2C2HF3O2/c1-18-8-13-9-19(7-12-4-3-5-16-6-12)10-14(11-20-2)15(13)17-18;2*3-2(4,5)1(6)7/h3-6,8,14H,7,9-11H2,1-2H3;2*(H,6,7). The van der Waals surface area contributed by atoms with E-state index < -0.39 is 24.3 Å². The normalized spacial score (nSPS) is 15.8. The number of hydrogen-bond acceptors (Lipinski definition) is 6. The molecule has 34 heavy (non-hydrogen) atoms. The fourth-order valence-corrected chi connectivity index (χ4v) is 2.93. The number of carbonyl (C=O) groups is 2. The van der Waals surface area contributed by atoms with Gasteiger partial charge >= 0.3 is 24.3 Å². The molecule has 1 atom stereocenters. The van der Waals surface area contributed by atoms with E-state index in [0.717, 1.165) is 19.6 Å². The molecule has 2 aromatic rings. The summed E-state index contributed by atoms with van der Waals surface area (Å²) in [6.07, 6.45) is -4.30. The van der Waals surface area contributed by atoms with Crippen LogP contribution in [0.4, 0.5) is 26.3 Å². The minimum Gasteiger partial charge on any atom is -0.475 e. The molecule has 3 rings (SSSR count). The molecular formula is C19H22F6N4O5. The van der Waals surface area contributed by atoms with Crippen LogP contribution in [-0.2, 0) is 34.5 Å². The second-order valence-electron chi connectivity index (χ2n) is 7.00. The van der Waals surface area contributed by atoms with E-state index in [2.05, 4.69) is 27.2 Å². The highest BCUT2D eigenvalue weighted by Crippen LogP contribution is 2.28. The van der Waals surface area contributed by atoms with Crippen molar-refractivity contribution >= 4 is 11.9 Å². The van der Waals surface area contributed by atoms with Crippen LogP contribution in [0.1, 0.15) is 22.7 Å². The minimum atomic E-state index is -5.08. The number of aliphatic carboxylic acids is 2. The number of ether oxygens (including phenoxy) is 1. The smallest absolute Gasteiger partial charge is 0.475 e. The summed E-state index contributed by atoms with van der Waals surface area (Å²) in [5.74, 6) is -5.17. The van der Waals surface area contributed by atoms with Gasteiger partial charge in [-0.3, -0.25) is 14.6 Å². The first-order valence-electron chi connectivity index (χ1n) is 9.38. The van der Waals surface area contributed by atoms with Gasteiger partial charge in [0.25, 0.3) is 0 Å². The molecule has 0 fully saturated rings. The average Bonchev–Trinajstić information content (AvgIpc) is 3.09. The summed E-state index contributed by atoms with van der Waals surface area (Å²) in [5, 5.41) is 18.8.